The van der Waals surface area contributed by atoms with Crippen LogP contribution in [0.15, 0.2) is 53.9 Å². The van der Waals surface area contributed by atoms with Crippen molar-refractivity contribution in [2.24, 2.45) is 0 Å². The number of nitrogens with zero attached hydrogens (tertiary/aromatic N) is 2. The summed E-state index contributed by atoms with van der Waals surface area (Å²) in [6.45, 7) is 1.93. The van der Waals surface area contributed by atoms with Crippen molar-refractivity contribution in [3.63, 3.8) is 0 Å². The highest BCUT2D eigenvalue weighted by Gasteiger charge is 2.12. The first-order chi connectivity index (χ1) is 11.5. The maximum Gasteiger partial charge on any atom is 0.343 e. The van der Waals surface area contributed by atoms with Crippen LogP contribution in [0.5, 0.6) is 5.75 Å². The van der Waals surface area contributed by atoms with Crippen LogP contribution in [0.25, 0.3) is 10.6 Å². The Kier molecular flexibility index (Phi) is 4.35. The Labute approximate surface area is 141 Å². The number of aryl methyl sites for hydroxylation is 1. The molecule has 0 unspecified atom stereocenters. The van der Waals surface area contributed by atoms with Crippen molar-refractivity contribution in [1.82, 2.24) is 4.98 Å². The number of thiazole rings is 1. The Morgan fingerprint density at radius 3 is 2.33 bits per heavy atom. The van der Waals surface area contributed by atoms with Crippen LogP contribution in [-0.4, -0.2) is 15.9 Å². The third-order valence-electron chi connectivity index (χ3n) is 3.24. The zero-order valence-electron chi connectivity index (χ0n) is 12.6. The van der Waals surface area contributed by atoms with E-state index in [0.717, 1.165) is 16.3 Å². The van der Waals surface area contributed by atoms with Gasteiger partial charge < -0.3 is 4.74 Å². The van der Waals surface area contributed by atoms with Gasteiger partial charge in [-0.2, -0.15) is 0 Å². The van der Waals surface area contributed by atoms with Gasteiger partial charge in [-0.3, -0.25) is 10.1 Å². The smallest absolute Gasteiger partial charge is 0.343 e. The maximum absolute atomic E-state index is 12.1. The molecular formula is C17H12N2O4S. The van der Waals surface area contributed by atoms with Gasteiger partial charge in [0.05, 0.1) is 10.5 Å². The molecule has 3 aromatic rings. The summed E-state index contributed by atoms with van der Waals surface area (Å²) in [5, 5.41) is 13.5. The Balaban J connectivity index is 1.71. The van der Waals surface area contributed by atoms with E-state index in [1.165, 1.54) is 24.3 Å². The van der Waals surface area contributed by atoms with E-state index in [2.05, 4.69) is 4.98 Å². The minimum atomic E-state index is -0.567. The molecule has 0 aliphatic carbocycles. The summed E-state index contributed by atoms with van der Waals surface area (Å²) in [5.74, 6) is -0.168. The molecule has 0 bridgehead atoms. The van der Waals surface area contributed by atoms with Crippen molar-refractivity contribution in [1.29, 1.82) is 0 Å². The van der Waals surface area contributed by atoms with Crippen LogP contribution in [0.1, 0.15) is 16.1 Å². The van der Waals surface area contributed by atoms with Crippen molar-refractivity contribution < 1.29 is 14.5 Å². The minimum absolute atomic E-state index is 0.0744. The van der Waals surface area contributed by atoms with E-state index < -0.39 is 10.9 Å². The number of nitro benzene ring substituents is 1. The number of rotatable bonds is 4. The first-order valence-electron chi connectivity index (χ1n) is 7.02. The standard InChI is InChI=1S/C17H12N2O4S/c1-11-10-24-16(18-11)12-4-8-15(9-5-12)23-17(20)13-2-6-14(7-3-13)19(21)22/h2-10H,1H3. The number of carbonyl (C=O) groups is 1. The fourth-order valence-electron chi connectivity index (χ4n) is 2.04. The lowest BCUT2D eigenvalue weighted by atomic mass is 10.2. The summed E-state index contributed by atoms with van der Waals surface area (Å²) in [4.78, 5) is 26.5. The normalized spacial score (nSPS) is 10.4. The monoisotopic (exact) mass is 340 g/mol. The number of hydrogen-bond donors (Lipinski definition) is 0. The molecule has 0 fully saturated rings. The van der Waals surface area contributed by atoms with Gasteiger partial charge >= 0.3 is 5.97 Å². The quantitative estimate of drug-likeness (QED) is 0.307. The Morgan fingerprint density at radius 1 is 1.12 bits per heavy atom. The number of nitro groups is 1. The van der Waals surface area contributed by atoms with Gasteiger partial charge in [0.2, 0.25) is 0 Å². The highest BCUT2D eigenvalue weighted by atomic mass is 32.1. The lowest BCUT2D eigenvalue weighted by Crippen LogP contribution is -2.08. The molecule has 0 N–H and O–H groups in total. The third kappa shape index (κ3) is 3.47. The molecule has 0 amide bonds. The van der Waals surface area contributed by atoms with Crippen molar-refractivity contribution in [2.75, 3.05) is 0 Å². The van der Waals surface area contributed by atoms with E-state index in [-0.39, 0.29) is 11.3 Å². The van der Waals surface area contributed by atoms with Crippen LogP contribution in [-0.2, 0) is 0 Å². The van der Waals surface area contributed by atoms with Gasteiger partial charge in [0.1, 0.15) is 10.8 Å². The zero-order chi connectivity index (χ0) is 17.1. The van der Waals surface area contributed by atoms with E-state index in [4.69, 9.17) is 4.74 Å². The number of ether oxygens (including phenoxy) is 1. The topological polar surface area (TPSA) is 82.3 Å². The summed E-state index contributed by atoms with van der Waals surface area (Å²) in [5.41, 5.74) is 2.08. The Hall–Kier alpha value is -3.06. The number of non-ortho nitro benzene ring substituents is 1. The molecule has 6 nitrogen and oxygen atoms in total. The second kappa shape index (κ2) is 6.59. The maximum atomic E-state index is 12.1. The Morgan fingerprint density at radius 2 is 1.79 bits per heavy atom. The number of benzene rings is 2. The van der Waals surface area contributed by atoms with Gasteiger partial charge in [0.15, 0.2) is 0 Å². The van der Waals surface area contributed by atoms with Crippen molar-refractivity contribution in [3.05, 3.63) is 75.3 Å². The molecular weight excluding hydrogens is 328 g/mol. The van der Waals surface area contributed by atoms with Gasteiger partial charge in [-0.25, -0.2) is 9.78 Å². The van der Waals surface area contributed by atoms with Crippen LogP contribution >= 0.6 is 11.3 Å². The van der Waals surface area contributed by atoms with Gasteiger partial charge in [0, 0.05) is 28.8 Å². The SMILES string of the molecule is Cc1csc(-c2ccc(OC(=O)c3ccc([N+](=O)[O-])cc3)cc2)n1. The van der Waals surface area contributed by atoms with Gasteiger partial charge in [-0.1, -0.05) is 0 Å². The first kappa shape index (κ1) is 15.8. The molecule has 0 saturated heterocycles. The molecule has 24 heavy (non-hydrogen) atoms. The van der Waals surface area contributed by atoms with Gasteiger partial charge in [0.25, 0.3) is 5.69 Å². The molecule has 3 rings (SSSR count). The largest absolute Gasteiger partial charge is 0.423 e. The molecule has 0 aliphatic heterocycles. The third-order valence-corrected chi connectivity index (χ3v) is 4.25. The predicted octanol–water partition coefficient (Wildman–Crippen LogP) is 4.25. The lowest BCUT2D eigenvalue weighted by molar-refractivity contribution is -0.384. The summed E-state index contributed by atoms with van der Waals surface area (Å²) in [6, 6.07) is 12.3. The second-order valence-electron chi connectivity index (χ2n) is 5.01. The average Bonchev–Trinajstić information content (AvgIpc) is 3.02. The Bertz CT molecular complexity index is 886. The minimum Gasteiger partial charge on any atom is -0.423 e. The predicted molar refractivity (Wildman–Crippen MR) is 90.3 cm³/mol. The van der Waals surface area contributed by atoms with E-state index in [1.54, 1.807) is 23.5 Å². The zero-order valence-corrected chi connectivity index (χ0v) is 13.4. The van der Waals surface area contributed by atoms with Crippen molar-refractivity contribution in [2.45, 2.75) is 6.92 Å². The van der Waals surface area contributed by atoms with Crippen LogP contribution in [0.3, 0.4) is 0 Å². The van der Waals surface area contributed by atoms with E-state index in [9.17, 15) is 14.9 Å². The fourth-order valence-corrected chi connectivity index (χ4v) is 2.84. The van der Waals surface area contributed by atoms with E-state index >= 15 is 0 Å². The van der Waals surface area contributed by atoms with Gasteiger partial charge in [-0.05, 0) is 43.3 Å². The summed E-state index contributed by atoms with van der Waals surface area (Å²) >= 11 is 1.55. The second-order valence-corrected chi connectivity index (χ2v) is 5.87. The number of aromatic nitrogens is 1. The molecule has 1 heterocycles. The molecule has 0 atom stereocenters. The summed E-state index contributed by atoms with van der Waals surface area (Å²) in [6.07, 6.45) is 0. The molecule has 1 aromatic heterocycles. The molecule has 0 radical (unpaired) electrons. The van der Waals surface area contributed by atoms with Crippen LogP contribution < -0.4 is 4.74 Å². The van der Waals surface area contributed by atoms with E-state index in [0.29, 0.717) is 5.75 Å². The summed E-state index contributed by atoms with van der Waals surface area (Å²) < 4.78 is 5.27. The number of carbonyl (C=O) groups excluding carboxylic acids is 1. The van der Waals surface area contributed by atoms with Crippen molar-refractivity contribution >= 4 is 23.0 Å². The number of esters is 1. The van der Waals surface area contributed by atoms with Crippen LogP contribution in [0.4, 0.5) is 5.69 Å². The van der Waals surface area contributed by atoms with Crippen LogP contribution in [0, 0.1) is 17.0 Å². The highest BCUT2D eigenvalue weighted by Crippen LogP contribution is 2.26. The number of hydrogen-bond acceptors (Lipinski definition) is 6. The summed E-state index contributed by atoms with van der Waals surface area (Å²) in [7, 11) is 0. The first-order valence-corrected chi connectivity index (χ1v) is 7.90. The molecule has 0 spiro atoms. The highest BCUT2D eigenvalue weighted by molar-refractivity contribution is 7.13. The molecule has 0 saturated carbocycles. The van der Waals surface area contributed by atoms with Gasteiger partial charge in [-0.15, -0.1) is 11.3 Å². The van der Waals surface area contributed by atoms with Crippen molar-refractivity contribution in [3.8, 4) is 16.3 Å². The molecule has 120 valence electrons. The van der Waals surface area contributed by atoms with E-state index in [1.807, 2.05) is 24.4 Å². The lowest BCUT2D eigenvalue weighted by Gasteiger charge is -2.05. The fraction of sp³-hybridized carbons (Fsp3) is 0.0588. The average molecular weight is 340 g/mol. The molecule has 7 heteroatoms. The van der Waals surface area contributed by atoms with Crippen LogP contribution in [0.2, 0.25) is 0 Å². The molecule has 0 aliphatic rings. The molecule has 2 aromatic carbocycles.